The summed E-state index contributed by atoms with van der Waals surface area (Å²) in [5.41, 5.74) is 0.563. The van der Waals surface area contributed by atoms with Gasteiger partial charge in [0, 0.05) is 12.6 Å². The molecule has 0 amide bonds. The van der Waals surface area contributed by atoms with Crippen LogP contribution in [0.25, 0.3) is 0 Å². The van der Waals surface area contributed by atoms with Crippen molar-refractivity contribution in [2.24, 2.45) is 0 Å². The number of nitrogens with one attached hydrogen (secondary N) is 1. The molecule has 0 saturated heterocycles. The number of benzene rings is 1. The zero-order valence-electron chi connectivity index (χ0n) is 9.60. The zero-order chi connectivity index (χ0) is 12.1. The second-order valence-corrected chi connectivity index (χ2v) is 4.29. The molecule has 1 aliphatic carbocycles. The summed E-state index contributed by atoms with van der Waals surface area (Å²) in [5, 5.41) is 21.6. The van der Waals surface area contributed by atoms with Gasteiger partial charge in [-0.15, -0.1) is 0 Å². The van der Waals surface area contributed by atoms with Crippen LogP contribution in [0.3, 0.4) is 0 Å². The van der Waals surface area contributed by atoms with Crippen LogP contribution in [0, 0.1) is 11.3 Å². The van der Waals surface area contributed by atoms with E-state index in [0.717, 1.165) is 0 Å². The van der Waals surface area contributed by atoms with Crippen molar-refractivity contribution in [2.75, 3.05) is 13.2 Å². The van der Waals surface area contributed by atoms with Gasteiger partial charge in [-0.25, -0.2) is 0 Å². The van der Waals surface area contributed by atoms with Gasteiger partial charge in [0.2, 0.25) is 0 Å². The van der Waals surface area contributed by atoms with Gasteiger partial charge in [0.1, 0.15) is 18.5 Å². The maximum Gasteiger partial charge on any atom is 0.120 e. The molecule has 2 N–H and O–H groups in total. The number of nitrogens with zero attached hydrogens (tertiary/aromatic N) is 1. The van der Waals surface area contributed by atoms with Crippen molar-refractivity contribution >= 4 is 0 Å². The van der Waals surface area contributed by atoms with Crippen LogP contribution in [-0.4, -0.2) is 30.4 Å². The summed E-state index contributed by atoms with van der Waals surface area (Å²) < 4.78 is 5.42. The average molecular weight is 232 g/mol. The Kier molecular flexibility index (Phi) is 3.97. The largest absolute Gasteiger partial charge is 0.491 e. The molecule has 4 heteroatoms. The van der Waals surface area contributed by atoms with Crippen LogP contribution in [0.1, 0.15) is 18.4 Å². The molecule has 1 unspecified atom stereocenters. The summed E-state index contributed by atoms with van der Waals surface area (Å²) in [4.78, 5) is 0. The topological polar surface area (TPSA) is 65.3 Å². The van der Waals surface area contributed by atoms with Crippen molar-refractivity contribution in [2.45, 2.75) is 25.0 Å². The first-order valence-electron chi connectivity index (χ1n) is 5.82. The van der Waals surface area contributed by atoms with Crippen molar-refractivity contribution in [3.05, 3.63) is 29.8 Å². The fraction of sp³-hybridized carbons (Fsp3) is 0.462. The Bertz CT molecular complexity index is 410. The normalized spacial score (nSPS) is 16.2. The minimum Gasteiger partial charge on any atom is -0.491 e. The standard InChI is InChI=1S/C13H16N2O2/c14-7-10-2-1-3-13(6-10)17-9-12(16)8-15-11-4-5-11/h1-3,6,11-12,15-16H,4-5,8-9H2. The quantitative estimate of drug-likeness (QED) is 0.769. The Hall–Kier alpha value is -1.57. The molecule has 2 rings (SSSR count). The molecule has 1 atom stereocenters. The Morgan fingerprint density at radius 1 is 1.53 bits per heavy atom. The third-order valence-corrected chi connectivity index (χ3v) is 2.63. The Morgan fingerprint density at radius 2 is 2.35 bits per heavy atom. The van der Waals surface area contributed by atoms with Crippen LogP contribution < -0.4 is 10.1 Å². The lowest BCUT2D eigenvalue weighted by Crippen LogP contribution is -2.32. The minimum atomic E-state index is -0.513. The Labute approximate surface area is 101 Å². The van der Waals surface area contributed by atoms with Gasteiger partial charge in [-0.05, 0) is 31.0 Å². The van der Waals surface area contributed by atoms with Gasteiger partial charge in [-0.3, -0.25) is 0 Å². The van der Waals surface area contributed by atoms with Gasteiger partial charge in [-0.2, -0.15) is 5.26 Å². The average Bonchev–Trinajstić information content (AvgIpc) is 3.18. The predicted molar refractivity (Wildman–Crippen MR) is 63.7 cm³/mol. The maximum absolute atomic E-state index is 9.66. The number of aliphatic hydroxyl groups is 1. The molecule has 1 aromatic carbocycles. The van der Waals surface area contributed by atoms with Crippen molar-refractivity contribution in [1.82, 2.24) is 5.32 Å². The molecular formula is C13H16N2O2. The Morgan fingerprint density at radius 3 is 3.06 bits per heavy atom. The van der Waals surface area contributed by atoms with Gasteiger partial charge in [0.05, 0.1) is 11.6 Å². The predicted octanol–water partition coefficient (Wildman–Crippen LogP) is 1.05. The molecule has 1 saturated carbocycles. The fourth-order valence-corrected chi connectivity index (χ4v) is 1.50. The molecule has 17 heavy (non-hydrogen) atoms. The Balaban J connectivity index is 1.73. The summed E-state index contributed by atoms with van der Waals surface area (Å²) >= 11 is 0. The van der Waals surface area contributed by atoms with Crippen molar-refractivity contribution in [3.63, 3.8) is 0 Å². The van der Waals surface area contributed by atoms with Crippen LogP contribution in [-0.2, 0) is 0 Å². The van der Waals surface area contributed by atoms with Gasteiger partial charge in [0.15, 0.2) is 0 Å². The van der Waals surface area contributed by atoms with Crippen LogP contribution >= 0.6 is 0 Å². The molecule has 0 aliphatic heterocycles. The molecular weight excluding hydrogens is 216 g/mol. The fourth-order valence-electron chi connectivity index (χ4n) is 1.50. The molecule has 1 aliphatic rings. The molecule has 1 aromatic rings. The highest BCUT2D eigenvalue weighted by Crippen LogP contribution is 2.18. The molecule has 0 spiro atoms. The number of rotatable bonds is 6. The smallest absolute Gasteiger partial charge is 0.120 e. The van der Waals surface area contributed by atoms with E-state index in [1.807, 2.05) is 6.07 Å². The lowest BCUT2D eigenvalue weighted by Gasteiger charge is -2.13. The first-order chi connectivity index (χ1) is 8.28. The van der Waals surface area contributed by atoms with E-state index in [1.165, 1.54) is 12.8 Å². The molecule has 4 nitrogen and oxygen atoms in total. The van der Waals surface area contributed by atoms with E-state index >= 15 is 0 Å². The monoisotopic (exact) mass is 232 g/mol. The van der Waals surface area contributed by atoms with Gasteiger partial charge in [-0.1, -0.05) is 6.07 Å². The highest BCUT2D eigenvalue weighted by molar-refractivity contribution is 5.36. The van der Waals surface area contributed by atoms with E-state index in [-0.39, 0.29) is 6.61 Å². The lowest BCUT2D eigenvalue weighted by molar-refractivity contribution is 0.106. The minimum absolute atomic E-state index is 0.245. The third kappa shape index (κ3) is 4.06. The second-order valence-electron chi connectivity index (χ2n) is 4.29. The first-order valence-corrected chi connectivity index (χ1v) is 5.82. The van der Waals surface area contributed by atoms with Crippen LogP contribution in [0.2, 0.25) is 0 Å². The van der Waals surface area contributed by atoms with Gasteiger partial charge in [0.25, 0.3) is 0 Å². The first kappa shape index (κ1) is 11.9. The number of hydrogen-bond acceptors (Lipinski definition) is 4. The highest BCUT2D eigenvalue weighted by atomic mass is 16.5. The molecule has 0 bridgehead atoms. The van der Waals surface area contributed by atoms with E-state index in [9.17, 15) is 5.11 Å². The molecule has 0 aromatic heterocycles. The SMILES string of the molecule is N#Cc1cccc(OCC(O)CNC2CC2)c1. The summed E-state index contributed by atoms with van der Waals surface area (Å²) in [6, 6.07) is 9.57. The molecule has 90 valence electrons. The number of hydrogen-bond donors (Lipinski definition) is 2. The summed E-state index contributed by atoms with van der Waals surface area (Å²) in [6.45, 7) is 0.803. The highest BCUT2D eigenvalue weighted by Gasteiger charge is 2.21. The van der Waals surface area contributed by atoms with E-state index in [0.29, 0.717) is 23.9 Å². The van der Waals surface area contributed by atoms with E-state index in [2.05, 4.69) is 5.32 Å². The van der Waals surface area contributed by atoms with Crippen LogP contribution in [0.15, 0.2) is 24.3 Å². The molecule has 0 radical (unpaired) electrons. The van der Waals surface area contributed by atoms with Crippen molar-refractivity contribution < 1.29 is 9.84 Å². The zero-order valence-corrected chi connectivity index (χ0v) is 9.60. The van der Waals surface area contributed by atoms with Crippen LogP contribution in [0.5, 0.6) is 5.75 Å². The summed E-state index contributed by atoms with van der Waals surface area (Å²) in [5.74, 6) is 0.620. The molecule has 0 heterocycles. The van der Waals surface area contributed by atoms with E-state index in [1.54, 1.807) is 24.3 Å². The third-order valence-electron chi connectivity index (χ3n) is 2.63. The van der Waals surface area contributed by atoms with Crippen LogP contribution in [0.4, 0.5) is 0 Å². The van der Waals surface area contributed by atoms with Gasteiger partial charge >= 0.3 is 0 Å². The number of ether oxygens (including phenoxy) is 1. The lowest BCUT2D eigenvalue weighted by atomic mass is 10.2. The van der Waals surface area contributed by atoms with Crippen molar-refractivity contribution in [3.8, 4) is 11.8 Å². The number of aliphatic hydroxyl groups excluding tert-OH is 1. The maximum atomic E-state index is 9.66. The van der Waals surface area contributed by atoms with E-state index < -0.39 is 6.10 Å². The summed E-state index contributed by atoms with van der Waals surface area (Å²) in [6.07, 6.45) is 1.90. The molecule has 1 fully saturated rings. The van der Waals surface area contributed by atoms with E-state index in [4.69, 9.17) is 10.00 Å². The second kappa shape index (κ2) is 5.67. The number of nitriles is 1. The van der Waals surface area contributed by atoms with Crippen molar-refractivity contribution in [1.29, 1.82) is 5.26 Å². The summed E-state index contributed by atoms with van der Waals surface area (Å²) in [7, 11) is 0. The van der Waals surface area contributed by atoms with Gasteiger partial charge < -0.3 is 15.2 Å².